The van der Waals surface area contributed by atoms with Crippen LogP contribution in [-0.4, -0.2) is 18.5 Å². The molecule has 0 bridgehead atoms. The van der Waals surface area contributed by atoms with Crippen molar-refractivity contribution in [3.63, 3.8) is 0 Å². The Morgan fingerprint density at radius 1 is 1.37 bits per heavy atom. The monoisotopic (exact) mass is 459 g/mol. The summed E-state index contributed by atoms with van der Waals surface area (Å²) in [5.74, 6) is 1.48. The SMILES string of the molecule is CCNC(=NCc1ccc(Br)s1)NC(C)C(C)C.I. The third-order valence-corrected chi connectivity index (χ3v) is 4.34. The van der Waals surface area contributed by atoms with Crippen molar-refractivity contribution in [1.82, 2.24) is 10.6 Å². The molecule has 1 atom stereocenters. The van der Waals surface area contributed by atoms with Gasteiger partial charge in [0.15, 0.2) is 5.96 Å². The molecule has 1 aromatic heterocycles. The lowest BCUT2D eigenvalue weighted by atomic mass is 10.1. The first-order valence-corrected chi connectivity index (χ1v) is 7.93. The molecule has 0 aromatic carbocycles. The summed E-state index contributed by atoms with van der Waals surface area (Å²) in [6, 6.07) is 4.58. The van der Waals surface area contributed by atoms with Crippen molar-refractivity contribution in [3.8, 4) is 0 Å². The minimum absolute atomic E-state index is 0. The Morgan fingerprint density at radius 2 is 2.05 bits per heavy atom. The second kappa shape index (κ2) is 9.99. The van der Waals surface area contributed by atoms with E-state index in [4.69, 9.17) is 0 Å². The molecular formula is C13H23BrIN3S. The smallest absolute Gasteiger partial charge is 0.191 e. The van der Waals surface area contributed by atoms with E-state index < -0.39 is 0 Å². The highest BCUT2D eigenvalue weighted by Gasteiger charge is 2.08. The quantitative estimate of drug-likeness (QED) is 0.392. The van der Waals surface area contributed by atoms with E-state index in [1.54, 1.807) is 11.3 Å². The molecule has 0 amide bonds. The highest BCUT2D eigenvalue weighted by Crippen LogP contribution is 2.22. The molecule has 0 fully saturated rings. The topological polar surface area (TPSA) is 36.4 Å². The third kappa shape index (κ3) is 7.51. The largest absolute Gasteiger partial charge is 0.357 e. The lowest BCUT2D eigenvalue weighted by Gasteiger charge is -2.20. The number of thiophene rings is 1. The summed E-state index contributed by atoms with van der Waals surface area (Å²) >= 11 is 5.20. The molecule has 0 spiro atoms. The van der Waals surface area contributed by atoms with Crippen LogP contribution in [0.3, 0.4) is 0 Å². The lowest BCUT2D eigenvalue weighted by molar-refractivity contribution is 0.481. The molecule has 0 saturated heterocycles. The van der Waals surface area contributed by atoms with Crippen LogP contribution in [0.25, 0.3) is 0 Å². The highest BCUT2D eigenvalue weighted by atomic mass is 127. The van der Waals surface area contributed by atoms with Crippen LogP contribution in [0.1, 0.15) is 32.6 Å². The highest BCUT2D eigenvalue weighted by molar-refractivity contribution is 14.0. The van der Waals surface area contributed by atoms with Gasteiger partial charge in [-0.05, 0) is 47.8 Å². The summed E-state index contributed by atoms with van der Waals surface area (Å²) in [5.41, 5.74) is 0. The molecule has 0 aliphatic carbocycles. The van der Waals surface area contributed by atoms with Crippen LogP contribution in [0.15, 0.2) is 20.9 Å². The molecule has 1 aromatic rings. The second-order valence-electron chi connectivity index (χ2n) is 4.58. The number of nitrogens with zero attached hydrogens (tertiary/aromatic N) is 1. The van der Waals surface area contributed by atoms with Gasteiger partial charge < -0.3 is 10.6 Å². The van der Waals surface area contributed by atoms with E-state index in [2.05, 4.69) is 71.4 Å². The summed E-state index contributed by atoms with van der Waals surface area (Å²) in [7, 11) is 0. The maximum Gasteiger partial charge on any atom is 0.191 e. The number of hydrogen-bond donors (Lipinski definition) is 2. The first-order chi connectivity index (χ1) is 8.52. The Balaban J connectivity index is 0.00000324. The van der Waals surface area contributed by atoms with E-state index in [9.17, 15) is 0 Å². The van der Waals surface area contributed by atoms with Crippen LogP contribution in [-0.2, 0) is 6.54 Å². The van der Waals surface area contributed by atoms with Crippen molar-refractivity contribution in [3.05, 3.63) is 20.8 Å². The van der Waals surface area contributed by atoms with Crippen LogP contribution < -0.4 is 10.6 Å². The number of rotatable bonds is 5. The van der Waals surface area contributed by atoms with E-state index in [1.165, 1.54) is 4.88 Å². The zero-order valence-corrected chi connectivity index (χ0v) is 16.6. The van der Waals surface area contributed by atoms with E-state index >= 15 is 0 Å². The van der Waals surface area contributed by atoms with Gasteiger partial charge in [0.2, 0.25) is 0 Å². The van der Waals surface area contributed by atoms with Crippen molar-refractivity contribution in [2.75, 3.05) is 6.54 Å². The van der Waals surface area contributed by atoms with Gasteiger partial charge in [-0.25, -0.2) is 4.99 Å². The average Bonchev–Trinajstić information content (AvgIpc) is 2.72. The van der Waals surface area contributed by atoms with Crippen molar-refractivity contribution in [2.45, 2.75) is 40.3 Å². The summed E-state index contributed by atoms with van der Waals surface area (Å²) in [6.45, 7) is 10.3. The molecule has 2 N–H and O–H groups in total. The molecule has 0 aliphatic rings. The number of hydrogen-bond acceptors (Lipinski definition) is 2. The minimum atomic E-state index is 0. The van der Waals surface area contributed by atoms with E-state index in [0.717, 1.165) is 22.8 Å². The predicted octanol–water partition coefficient (Wildman–Crippen LogP) is 4.23. The van der Waals surface area contributed by atoms with Crippen LogP contribution >= 0.6 is 51.2 Å². The molecule has 1 rings (SSSR count). The fraction of sp³-hybridized carbons (Fsp3) is 0.615. The molecule has 0 saturated carbocycles. The molecule has 1 heterocycles. The van der Waals surface area contributed by atoms with Gasteiger partial charge >= 0.3 is 0 Å². The van der Waals surface area contributed by atoms with Crippen LogP contribution in [0.2, 0.25) is 0 Å². The summed E-state index contributed by atoms with van der Waals surface area (Å²) < 4.78 is 1.15. The van der Waals surface area contributed by atoms with Crippen LogP contribution in [0, 0.1) is 5.92 Å². The normalized spacial score (nSPS) is 13.1. The minimum Gasteiger partial charge on any atom is -0.357 e. The molecule has 3 nitrogen and oxygen atoms in total. The fourth-order valence-corrected chi connectivity index (χ4v) is 2.70. The Kier molecular flexibility index (Phi) is 10.1. The molecule has 1 unspecified atom stereocenters. The Labute approximate surface area is 145 Å². The van der Waals surface area contributed by atoms with Gasteiger partial charge in [-0.1, -0.05) is 13.8 Å². The van der Waals surface area contributed by atoms with Crippen molar-refractivity contribution in [2.24, 2.45) is 10.9 Å². The van der Waals surface area contributed by atoms with Gasteiger partial charge in [-0.3, -0.25) is 0 Å². The standard InChI is InChI=1S/C13H22BrN3S.HI/c1-5-15-13(17-10(4)9(2)3)16-8-11-6-7-12(14)18-11;/h6-7,9-10H,5,8H2,1-4H3,(H2,15,16,17);1H. The zero-order valence-electron chi connectivity index (χ0n) is 11.9. The average molecular weight is 460 g/mol. The zero-order chi connectivity index (χ0) is 13.5. The lowest BCUT2D eigenvalue weighted by Crippen LogP contribution is -2.44. The summed E-state index contributed by atoms with van der Waals surface area (Å²) in [5, 5.41) is 6.70. The predicted molar refractivity (Wildman–Crippen MR) is 99.7 cm³/mol. The maximum absolute atomic E-state index is 4.60. The molecule has 110 valence electrons. The van der Waals surface area contributed by atoms with Gasteiger partial charge in [0.1, 0.15) is 0 Å². The van der Waals surface area contributed by atoms with Gasteiger partial charge in [0, 0.05) is 17.5 Å². The molecule has 0 radical (unpaired) electrons. The van der Waals surface area contributed by atoms with E-state index in [-0.39, 0.29) is 24.0 Å². The Morgan fingerprint density at radius 3 is 2.53 bits per heavy atom. The molecule has 6 heteroatoms. The first kappa shape index (κ1) is 19.2. The van der Waals surface area contributed by atoms with E-state index in [1.807, 2.05) is 0 Å². The second-order valence-corrected chi connectivity index (χ2v) is 7.13. The van der Waals surface area contributed by atoms with Crippen molar-refractivity contribution in [1.29, 1.82) is 0 Å². The van der Waals surface area contributed by atoms with Gasteiger partial charge in [0.25, 0.3) is 0 Å². The number of halogens is 2. The number of aliphatic imine (C=N–C) groups is 1. The summed E-state index contributed by atoms with van der Waals surface area (Å²) in [6.07, 6.45) is 0. The summed E-state index contributed by atoms with van der Waals surface area (Å²) in [4.78, 5) is 5.86. The number of nitrogens with one attached hydrogen (secondary N) is 2. The van der Waals surface area contributed by atoms with Gasteiger partial charge in [-0.2, -0.15) is 0 Å². The van der Waals surface area contributed by atoms with Crippen molar-refractivity contribution < 1.29 is 0 Å². The number of guanidine groups is 1. The van der Waals surface area contributed by atoms with Gasteiger partial charge in [0.05, 0.1) is 10.3 Å². The van der Waals surface area contributed by atoms with E-state index in [0.29, 0.717) is 12.0 Å². The Bertz CT molecular complexity index is 393. The van der Waals surface area contributed by atoms with Gasteiger partial charge in [-0.15, -0.1) is 35.3 Å². The maximum atomic E-state index is 4.60. The molecule has 19 heavy (non-hydrogen) atoms. The molecule has 0 aliphatic heterocycles. The third-order valence-electron chi connectivity index (χ3n) is 2.73. The van der Waals surface area contributed by atoms with Crippen molar-refractivity contribution >= 4 is 57.2 Å². The fourth-order valence-electron chi connectivity index (χ4n) is 1.30. The van der Waals surface area contributed by atoms with Crippen LogP contribution in [0.4, 0.5) is 0 Å². The first-order valence-electron chi connectivity index (χ1n) is 6.32. The Hall–Kier alpha value is 0.180. The molecular weight excluding hydrogens is 437 g/mol. The van der Waals surface area contributed by atoms with Crippen LogP contribution in [0.5, 0.6) is 0 Å².